The normalized spacial score (nSPS) is 12.4. The fourth-order valence-corrected chi connectivity index (χ4v) is 2.02. The highest BCUT2D eigenvalue weighted by molar-refractivity contribution is 5.94. The third kappa shape index (κ3) is 4.49. The Morgan fingerprint density at radius 2 is 2.15 bits per heavy atom. The number of nitrogens with two attached hydrogens (primary N) is 1. The van der Waals surface area contributed by atoms with Gasteiger partial charge < -0.3 is 11.1 Å². The molecule has 20 heavy (non-hydrogen) atoms. The summed E-state index contributed by atoms with van der Waals surface area (Å²) in [6.45, 7) is 7.75. The molecule has 3 N–H and O–H groups in total. The number of likely N-dealkylation sites (N-methyl/N-ethyl adjacent to an activating group) is 1. The minimum Gasteiger partial charge on any atom is -0.396 e. The Morgan fingerprint density at radius 1 is 1.45 bits per heavy atom. The molecule has 4 nitrogen and oxygen atoms in total. The van der Waals surface area contributed by atoms with Crippen molar-refractivity contribution in [3.8, 4) is 0 Å². The molecule has 1 aromatic rings. The van der Waals surface area contributed by atoms with Crippen LogP contribution in [0, 0.1) is 5.82 Å². The van der Waals surface area contributed by atoms with E-state index in [1.807, 2.05) is 13.8 Å². The first-order chi connectivity index (χ1) is 9.49. The fourth-order valence-electron chi connectivity index (χ4n) is 2.02. The summed E-state index contributed by atoms with van der Waals surface area (Å²) < 4.78 is 13.1. The van der Waals surface area contributed by atoms with Gasteiger partial charge in [0.25, 0.3) is 0 Å². The number of rotatable bonds is 7. The van der Waals surface area contributed by atoms with Crippen LogP contribution in [0.25, 0.3) is 0 Å². The van der Waals surface area contributed by atoms with E-state index in [2.05, 4.69) is 17.1 Å². The van der Waals surface area contributed by atoms with Crippen molar-refractivity contribution in [2.75, 3.05) is 24.1 Å². The van der Waals surface area contributed by atoms with E-state index in [1.54, 1.807) is 0 Å². The third-order valence-electron chi connectivity index (χ3n) is 3.40. The lowest BCUT2D eigenvalue weighted by Crippen LogP contribution is -2.42. The number of benzene rings is 1. The molecule has 1 unspecified atom stereocenters. The molecule has 0 saturated carbocycles. The topological polar surface area (TPSA) is 58.4 Å². The number of unbranched alkanes of at least 4 members (excludes halogenated alkanes) is 1. The average Bonchev–Trinajstić information content (AvgIpc) is 2.43. The van der Waals surface area contributed by atoms with Crippen LogP contribution in [0.2, 0.25) is 0 Å². The Balaban J connectivity index is 2.66. The van der Waals surface area contributed by atoms with Crippen molar-refractivity contribution in [1.29, 1.82) is 0 Å². The minimum atomic E-state index is -0.478. The first kappa shape index (κ1) is 16.4. The number of nitrogens with one attached hydrogen (secondary N) is 1. The van der Waals surface area contributed by atoms with Gasteiger partial charge >= 0.3 is 0 Å². The van der Waals surface area contributed by atoms with Gasteiger partial charge in [-0.15, -0.1) is 0 Å². The number of hydrogen-bond acceptors (Lipinski definition) is 3. The maximum absolute atomic E-state index is 13.1. The van der Waals surface area contributed by atoms with Crippen LogP contribution in [0.15, 0.2) is 18.2 Å². The number of anilines is 2. The Bertz CT molecular complexity index is 451. The number of nitrogen functional groups attached to an aromatic ring is 1. The Labute approximate surface area is 120 Å². The summed E-state index contributed by atoms with van der Waals surface area (Å²) in [5.41, 5.74) is 6.04. The zero-order valence-electron chi connectivity index (χ0n) is 12.4. The van der Waals surface area contributed by atoms with Gasteiger partial charge in [0.15, 0.2) is 0 Å². The molecule has 0 saturated heterocycles. The van der Waals surface area contributed by atoms with Crippen molar-refractivity contribution in [3.05, 3.63) is 24.0 Å². The summed E-state index contributed by atoms with van der Waals surface area (Å²) in [5.74, 6) is -0.580. The van der Waals surface area contributed by atoms with E-state index < -0.39 is 5.82 Å². The minimum absolute atomic E-state index is 0.0359. The largest absolute Gasteiger partial charge is 0.396 e. The molecule has 0 fully saturated rings. The second-order valence-corrected chi connectivity index (χ2v) is 4.88. The van der Waals surface area contributed by atoms with Crippen molar-refractivity contribution < 1.29 is 9.18 Å². The second-order valence-electron chi connectivity index (χ2n) is 4.88. The van der Waals surface area contributed by atoms with Crippen molar-refractivity contribution in [3.63, 3.8) is 0 Å². The van der Waals surface area contributed by atoms with E-state index in [1.165, 1.54) is 18.2 Å². The molecule has 5 heteroatoms. The fraction of sp³-hybridized carbons (Fsp3) is 0.533. The van der Waals surface area contributed by atoms with E-state index in [0.717, 1.165) is 25.9 Å². The van der Waals surface area contributed by atoms with Gasteiger partial charge in [-0.25, -0.2) is 4.39 Å². The van der Waals surface area contributed by atoms with Crippen LogP contribution in [0.1, 0.15) is 33.6 Å². The predicted molar refractivity (Wildman–Crippen MR) is 81.1 cm³/mol. The molecule has 0 aromatic heterocycles. The van der Waals surface area contributed by atoms with Gasteiger partial charge in [-0.3, -0.25) is 9.69 Å². The van der Waals surface area contributed by atoms with Crippen molar-refractivity contribution in [2.45, 2.75) is 39.7 Å². The van der Waals surface area contributed by atoms with Crippen LogP contribution in [0.4, 0.5) is 15.8 Å². The predicted octanol–water partition coefficient (Wildman–Crippen LogP) is 2.86. The van der Waals surface area contributed by atoms with Crippen molar-refractivity contribution in [1.82, 2.24) is 4.90 Å². The molecular weight excluding hydrogens is 257 g/mol. The monoisotopic (exact) mass is 281 g/mol. The van der Waals surface area contributed by atoms with Crippen LogP contribution in [0.3, 0.4) is 0 Å². The highest BCUT2D eigenvalue weighted by Gasteiger charge is 2.19. The van der Waals surface area contributed by atoms with Crippen LogP contribution in [-0.4, -0.2) is 29.9 Å². The summed E-state index contributed by atoms with van der Waals surface area (Å²) in [6, 6.07) is 3.98. The highest BCUT2D eigenvalue weighted by Crippen LogP contribution is 2.17. The first-order valence-electron chi connectivity index (χ1n) is 7.09. The molecule has 1 amide bonds. The zero-order chi connectivity index (χ0) is 15.1. The number of nitrogens with zero attached hydrogens (tertiary/aromatic N) is 1. The summed E-state index contributed by atoms with van der Waals surface area (Å²) in [5, 5.41) is 2.77. The molecule has 1 rings (SSSR count). The first-order valence-corrected chi connectivity index (χ1v) is 7.09. The molecule has 0 radical (unpaired) electrons. The molecule has 1 aromatic carbocycles. The lowest BCUT2D eigenvalue weighted by molar-refractivity contribution is -0.120. The molecule has 0 aliphatic heterocycles. The van der Waals surface area contributed by atoms with Gasteiger partial charge in [0.05, 0.1) is 11.7 Å². The zero-order valence-corrected chi connectivity index (χ0v) is 12.4. The summed E-state index contributed by atoms with van der Waals surface area (Å²) >= 11 is 0. The Hall–Kier alpha value is -1.62. The molecule has 0 bridgehead atoms. The second kappa shape index (κ2) is 7.85. The number of halogens is 1. The summed E-state index contributed by atoms with van der Waals surface area (Å²) in [4.78, 5) is 14.3. The van der Waals surface area contributed by atoms with E-state index in [0.29, 0.717) is 5.69 Å². The number of hydrogen-bond donors (Lipinski definition) is 2. The lowest BCUT2D eigenvalue weighted by Gasteiger charge is -2.26. The summed E-state index contributed by atoms with van der Waals surface area (Å²) in [6.07, 6.45) is 2.16. The van der Waals surface area contributed by atoms with Crippen LogP contribution < -0.4 is 11.1 Å². The van der Waals surface area contributed by atoms with E-state index in [-0.39, 0.29) is 17.6 Å². The maximum Gasteiger partial charge on any atom is 0.241 e. The SMILES string of the molecule is CCCCN(CC)C(C)C(=O)Nc1ccc(F)c(N)c1. The molecule has 0 aliphatic carbocycles. The summed E-state index contributed by atoms with van der Waals surface area (Å²) in [7, 11) is 0. The molecule has 0 aliphatic rings. The van der Waals surface area contributed by atoms with Crippen LogP contribution in [0.5, 0.6) is 0 Å². The van der Waals surface area contributed by atoms with Gasteiger partial charge in [0, 0.05) is 5.69 Å². The molecule has 112 valence electrons. The highest BCUT2D eigenvalue weighted by atomic mass is 19.1. The molecule has 0 heterocycles. The third-order valence-corrected chi connectivity index (χ3v) is 3.40. The quantitative estimate of drug-likeness (QED) is 0.756. The van der Waals surface area contributed by atoms with E-state index in [9.17, 15) is 9.18 Å². The number of carbonyl (C=O) groups excluding carboxylic acids is 1. The molecular formula is C15H24FN3O. The smallest absolute Gasteiger partial charge is 0.241 e. The molecule has 0 spiro atoms. The van der Waals surface area contributed by atoms with Gasteiger partial charge in [-0.2, -0.15) is 0 Å². The number of carbonyl (C=O) groups is 1. The van der Waals surface area contributed by atoms with E-state index in [4.69, 9.17) is 5.73 Å². The average molecular weight is 281 g/mol. The van der Waals surface area contributed by atoms with Gasteiger partial charge in [-0.05, 0) is 44.6 Å². The van der Waals surface area contributed by atoms with Gasteiger partial charge in [0.1, 0.15) is 5.82 Å². The lowest BCUT2D eigenvalue weighted by atomic mass is 10.2. The maximum atomic E-state index is 13.1. The van der Waals surface area contributed by atoms with Gasteiger partial charge in [-0.1, -0.05) is 20.3 Å². The number of amides is 1. The Morgan fingerprint density at radius 3 is 2.70 bits per heavy atom. The van der Waals surface area contributed by atoms with E-state index >= 15 is 0 Å². The van der Waals surface area contributed by atoms with Crippen molar-refractivity contribution in [2.24, 2.45) is 0 Å². The van der Waals surface area contributed by atoms with Crippen LogP contribution in [-0.2, 0) is 4.79 Å². The van der Waals surface area contributed by atoms with Crippen molar-refractivity contribution >= 4 is 17.3 Å². The Kier molecular flexibility index (Phi) is 6.45. The van der Waals surface area contributed by atoms with Crippen LogP contribution >= 0.6 is 0 Å². The van der Waals surface area contributed by atoms with Gasteiger partial charge in [0.2, 0.25) is 5.91 Å². The molecule has 1 atom stereocenters. The standard InChI is InChI=1S/C15H24FN3O/c1-4-6-9-19(5-2)11(3)15(20)18-12-7-8-13(16)14(17)10-12/h7-8,10-11H,4-6,9,17H2,1-3H3,(H,18,20).